The average molecular weight is 178 g/mol. The van der Waals surface area contributed by atoms with E-state index in [4.69, 9.17) is 26.8 Å². The third-order valence-corrected chi connectivity index (χ3v) is 2.38. The summed E-state index contributed by atoms with van der Waals surface area (Å²) in [5.74, 6) is -0.252. The first-order valence-corrected chi connectivity index (χ1v) is 3.93. The van der Waals surface area contributed by atoms with Crippen molar-refractivity contribution in [2.75, 3.05) is 32.9 Å². The molecule has 0 radical (unpaired) electrons. The molecular weight excluding hydrogens is 160 g/mol. The molecule has 0 aliphatic rings. The molecule has 5 nitrogen and oxygen atoms in total. The highest BCUT2D eigenvalue weighted by Crippen LogP contribution is 2.24. The van der Waals surface area contributed by atoms with Gasteiger partial charge in [-0.05, 0) is 19.0 Å². The van der Waals surface area contributed by atoms with Gasteiger partial charge in [-0.1, -0.05) is 0 Å². The minimum absolute atomic E-state index is 0.248. The van der Waals surface area contributed by atoms with Gasteiger partial charge in [0, 0.05) is 5.41 Å². The fourth-order valence-corrected chi connectivity index (χ4v) is 1.13. The number of aliphatic hydroxyl groups excluding tert-OH is 3. The minimum Gasteiger partial charge on any atom is -0.396 e. The molecule has 0 amide bonds. The van der Waals surface area contributed by atoms with E-state index >= 15 is 0 Å². The summed E-state index contributed by atoms with van der Waals surface area (Å²) in [6, 6.07) is 0. The van der Waals surface area contributed by atoms with Gasteiger partial charge in [-0.3, -0.25) is 0 Å². The van der Waals surface area contributed by atoms with Crippen molar-refractivity contribution >= 4 is 0 Å². The van der Waals surface area contributed by atoms with Crippen molar-refractivity contribution in [2.45, 2.75) is 0 Å². The Bertz CT molecular complexity index is 105. The fourth-order valence-electron chi connectivity index (χ4n) is 1.13. The Balaban J connectivity index is 4.42. The molecular formula is C7H18N2O3. The number of hydrogen-bond donors (Lipinski definition) is 5. The molecule has 12 heavy (non-hydrogen) atoms. The van der Waals surface area contributed by atoms with Gasteiger partial charge >= 0.3 is 0 Å². The zero-order valence-electron chi connectivity index (χ0n) is 7.11. The summed E-state index contributed by atoms with van der Waals surface area (Å²) >= 11 is 0. The van der Waals surface area contributed by atoms with Gasteiger partial charge < -0.3 is 26.8 Å². The van der Waals surface area contributed by atoms with Crippen molar-refractivity contribution in [3.63, 3.8) is 0 Å². The van der Waals surface area contributed by atoms with Crippen LogP contribution in [-0.4, -0.2) is 48.2 Å². The summed E-state index contributed by atoms with van der Waals surface area (Å²) in [6.45, 7) is -0.423. The molecule has 0 saturated carbocycles. The number of rotatable bonds is 6. The largest absolute Gasteiger partial charge is 0.396 e. The third-order valence-electron chi connectivity index (χ3n) is 2.38. The molecule has 0 heterocycles. The smallest absolute Gasteiger partial charge is 0.0535 e. The second-order valence-electron chi connectivity index (χ2n) is 3.01. The number of hydrogen-bond acceptors (Lipinski definition) is 5. The van der Waals surface area contributed by atoms with E-state index in [1.165, 1.54) is 0 Å². The van der Waals surface area contributed by atoms with Gasteiger partial charge in [0.2, 0.25) is 0 Å². The van der Waals surface area contributed by atoms with E-state index in [1.807, 2.05) is 0 Å². The van der Waals surface area contributed by atoms with Gasteiger partial charge in [-0.15, -0.1) is 0 Å². The molecule has 0 bridgehead atoms. The molecule has 0 rings (SSSR count). The maximum absolute atomic E-state index is 8.98. The molecule has 74 valence electrons. The van der Waals surface area contributed by atoms with Crippen LogP contribution in [0.25, 0.3) is 0 Å². The monoisotopic (exact) mass is 178 g/mol. The van der Waals surface area contributed by atoms with Crippen molar-refractivity contribution in [2.24, 2.45) is 22.8 Å². The molecule has 0 atom stereocenters. The Morgan fingerprint density at radius 3 is 1.33 bits per heavy atom. The first-order chi connectivity index (χ1) is 5.70. The van der Waals surface area contributed by atoms with Crippen molar-refractivity contribution in [1.82, 2.24) is 0 Å². The van der Waals surface area contributed by atoms with Crippen LogP contribution in [0.2, 0.25) is 0 Å². The summed E-state index contributed by atoms with van der Waals surface area (Å²) in [4.78, 5) is 0. The minimum atomic E-state index is -0.941. The summed E-state index contributed by atoms with van der Waals surface area (Å²) in [5.41, 5.74) is 9.82. The Hall–Kier alpha value is -0.200. The molecule has 0 aromatic heterocycles. The molecule has 0 aliphatic heterocycles. The SMILES string of the molecule is NCC(CN)C(CO)(CO)CO. The molecule has 0 unspecified atom stereocenters. The van der Waals surface area contributed by atoms with Gasteiger partial charge in [-0.2, -0.15) is 0 Å². The lowest BCUT2D eigenvalue weighted by Gasteiger charge is -2.34. The van der Waals surface area contributed by atoms with Crippen molar-refractivity contribution in [1.29, 1.82) is 0 Å². The molecule has 0 saturated heterocycles. The van der Waals surface area contributed by atoms with E-state index in [0.29, 0.717) is 0 Å². The zero-order chi connectivity index (χ0) is 9.61. The first kappa shape index (κ1) is 11.8. The molecule has 7 N–H and O–H groups in total. The lowest BCUT2D eigenvalue weighted by Crippen LogP contribution is -2.47. The topological polar surface area (TPSA) is 113 Å². The Labute approximate surface area is 72.0 Å². The molecule has 0 aromatic rings. The van der Waals surface area contributed by atoms with Crippen LogP contribution in [-0.2, 0) is 0 Å². The highest BCUT2D eigenvalue weighted by Gasteiger charge is 2.35. The summed E-state index contributed by atoms with van der Waals surface area (Å²) < 4.78 is 0. The lowest BCUT2D eigenvalue weighted by atomic mass is 9.77. The molecule has 0 aromatic carbocycles. The number of aliphatic hydroxyl groups is 3. The van der Waals surface area contributed by atoms with Crippen LogP contribution in [0.5, 0.6) is 0 Å². The van der Waals surface area contributed by atoms with E-state index in [9.17, 15) is 0 Å². The standard InChI is InChI=1S/C7H18N2O3/c8-1-6(2-9)7(3-10,4-11)5-12/h6,10-12H,1-5,8-9H2. The van der Waals surface area contributed by atoms with E-state index in [0.717, 1.165) is 0 Å². The second-order valence-corrected chi connectivity index (χ2v) is 3.01. The van der Waals surface area contributed by atoms with Gasteiger partial charge in [-0.25, -0.2) is 0 Å². The second kappa shape index (κ2) is 5.45. The molecule has 0 spiro atoms. The predicted octanol–water partition coefficient (Wildman–Crippen LogP) is -2.52. The van der Waals surface area contributed by atoms with E-state index in [2.05, 4.69) is 0 Å². The summed E-state index contributed by atoms with van der Waals surface area (Å²) in [6.07, 6.45) is 0. The van der Waals surface area contributed by atoms with E-state index in [1.54, 1.807) is 0 Å². The Kier molecular flexibility index (Phi) is 5.36. The van der Waals surface area contributed by atoms with Gasteiger partial charge in [0.1, 0.15) is 0 Å². The van der Waals surface area contributed by atoms with Crippen LogP contribution < -0.4 is 11.5 Å². The molecule has 0 aliphatic carbocycles. The Morgan fingerprint density at radius 2 is 1.25 bits per heavy atom. The highest BCUT2D eigenvalue weighted by molar-refractivity contribution is 4.86. The molecule has 0 fully saturated rings. The normalized spacial score (nSPS) is 12.5. The van der Waals surface area contributed by atoms with Crippen LogP contribution in [0.15, 0.2) is 0 Å². The van der Waals surface area contributed by atoms with Crippen LogP contribution in [0.4, 0.5) is 0 Å². The number of nitrogens with two attached hydrogens (primary N) is 2. The van der Waals surface area contributed by atoms with Crippen LogP contribution in [0, 0.1) is 11.3 Å². The average Bonchev–Trinajstić information content (AvgIpc) is 2.14. The molecule has 5 heteroatoms. The van der Waals surface area contributed by atoms with Crippen LogP contribution >= 0.6 is 0 Å². The van der Waals surface area contributed by atoms with Crippen LogP contribution in [0.3, 0.4) is 0 Å². The van der Waals surface area contributed by atoms with Crippen molar-refractivity contribution in [3.05, 3.63) is 0 Å². The summed E-state index contributed by atoms with van der Waals surface area (Å²) in [5, 5.41) is 26.9. The van der Waals surface area contributed by atoms with Gasteiger partial charge in [0.05, 0.1) is 19.8 Å². The van der Waals surface area contributed by atoms with E-state index < -0.39 is 5.41 Å². The summed E-state index contributed by atoms with van der Waals surface area (Å²) in [7, 11) is 0. The fraction of sp³-hybridized carbons (Fsp3) is 1.00. The lowest BCUT2D eigenvalue weighted by molar-refractivity contribution is -0.0333. The first-order valence-electron chi connectivity index (χ1n) is 3.93. The highest BCUT2D eigenvalue weighted by atomic mass is 16.3. The maximum Gasteiger partial charge on any atom is 0.0535 e. The predicted molar refractivity (Wildman–Crippen MR) is 45.3 cm³/mol. The zero-order valence-corrected chi connectivity index (χ0v) is 7.11. The maximum atomic E-state index is 8.98. The van der Waals surface area contributed by atoms with Gasteiger partial charge in [0.15, 0.2) is 0 Å². The quantitative estimate of drug-likeness (QED) is 0.308. The van der Waals surface area contributed by atoms with E-state index in [-0.39, 0.29) is 38.8 Å². The van der Waals surface area contributed by atoms with Crippen LogP contribution in [0.1, 0.15) is 0 Å². The van der Waals surface area contributed by atoms with Crippen molar-refractivity contribution in [3.8, 4) is 0 Å². The Morgan fingerprint density at radius 1 is 0.917 bits per heavy atom. The van der Waals surface area contributed by atoms with Crippen molar-refractivity contribution < 1.29 is 15.3 Å². The third kappa shape index (κ3) is 2.15. The van der Waals surface area contributed by atoms with Gasteiger partial charge in [0.25, 0.3) is 0 Å².